The molecule has 0 saturated heterocycles. The fourth-order valence-corrected chi connectivity index (χ4v) is 4.21. The highest BCUT2D eigenvalue weighted by atomic mass is 32.2. The average Bonchev–Trinajstić information content (AvgIpc) is 3.49. The molecule has 1 N–H and O–H groups in total. The first-order valence-corrected chi connectivity index (χ1v) is 11.8. The standard InChI is InChI=1S/C22H26FN3O4S/c1-13(10-19(23)15(3)24-31(5,29)30)18-8-9-20-21(11-18)25(22(28)17-6-7-17)12-14(2)26(20)16(4)27/h8-11,14,17,24H,1,3,6-7,12H2,2,4-5H3/b19-10+. The molecule has 0 radical (unpaired) electrons. The predicted octanol–water partition coefficient (Wildman–Crippen LogP) is 3.11. The molecule has 1 atom stereocenters. The zero-order chi connectivity index (χ0) is 23.1. The van der Waals surface area contributed by atoms with Crippen molar-refractivity contribution < 1.29 is 22.4 Å². The maximum atomic E-state index is 14.4. The highest BCUT2D eigenvalue weighted by Gasteiger charge is 2.39. The SMILES string of the molecule is C=C(NS(C)(=O)=O)/C(F)=C\C(=C)c1ccc2c(c1)N(C(=O)C1CC1)CC(C)N2C(C)=O. The number of halogens is 1. The van der Waals surface area contributed by atoms with Gasteiger partial charge in [0.15, 0.2) is 0 Å². The third-order valence-corrected chi connectivity index (χ3v) is 5.83. The number of nitrogens with one attached hydrogen (secondary N) is 1. The van der Waals surface area contributed by atoms with Gasteiger partial charge in [0.2, 0.25) is 21.8 Å². The summed E-state index contributed by atoms with van der Waals surface area (Å²) in [4.78, 5) is 28.4. The number of anilines is 2. The summed E-state index contributed by atoms with van der Waals surface area (Å²) >= 11 is 0. The Balaban J connectivity index is 1.97. The van der Waals surface area contributed by atoms with E-state index in [1.807, 2.05) is 11.6 Å². The maximum Gasteiger partial charge on any atom is 0.230 e. The van der Waals surface area contributed by atoms with Crippen LogP contribution in [0.15, 0.2) is 49.0 Å². The lowest BCUT2D eigenvalue weighted by Gasteiger charge is -2.41. The molecule has 7 nitrogen and oxygen atoms in total. The molecule has 0 bridgehead atoms. The first-order valence-electron chi connectivity index (χ1n) is 9.88. The van der Waals surface area contributed by atoms with Crippen molar-refractivity contribution in [1.29, 1.82) is 0 Å². The van der Waals surface area contributed by atoms with Gasteiger partial charge in [-0.3, -0.25) is 14.3 Å². The van der Waals surface area contributed by atoms with Crippen LogP contribution in [-0.4, -0.2) is 39.1 Å². The molecule has 1 heterocycles. The summed E-state index contributed by atoms with van der Waals surface area (Å²) < 4.78 is 38.9. The summed E-state index contributed by atoms with van der Waals surface area (Å²) in [6, 6.07) is 4.93. The summed E-state index contributed by atoms with van der Waals surface area (Å²) in [5, 5.41) is 0. The molecule has 1 saturated carbocycles. The molecule has 31 heavy (non-hydrogen) atoms. The highest BCUT2D eigenvalue weighted by molar-refractivity contribution is 7.88. The number of rotatable bonds is 6. The van der Waals surface area contributed by atoms with Gasteiger partial charge in [0, 0.05) is 19.4 Å². The fourth-order valence-electron chi connectivity index (χ4n) is 3.66. The molecule has 2 amide bonds. The molecule has 1 aromatic carbocycles. The van der Waals surface area contributed by atoms with Crippen molar-refractivity contribution >= 4 is 38.8 Å². The number of carbonyl (C=O) groups is 2. The second-order valence-corrected chi connectivity index (χ2v) is 9.78. The van der Waals surface area contributed by atoms with Crippen LogP contribution in [0, 0.1) is 5.92 Å². The van der Waals surface area contributed by atoms with E-state index >= 15 is 0 Å². The minimum atomic E-state index is -3.66. The molecule has 1 aromatic rings. The number of hydrogen-bond acceptors (Lipinski definition) is 4. The molecular weight excluding hydrogens is 421 g/mol. The van der Waals surface area contributed by atoms with Crippen LogP contribution in [0.1, 0.15) is 32.3 Å². The van der Waals surface area contributed by atoms with Crippen molar-refractivity contribution in [2.24, 2.45) is 5.92 Å². The van der Waals surface area contributed by atoms with E-state index < -0.39 is 21.5 Å². The molecule has 3 rings (SSSR count). The second kappa shape index (κ2) is 8.30. The lowest BCUT2D eigenvalue weighted by atomic mass is 10.0. The Kier molecular flexibility index (Phi) is 6.09. The van der Waals surface area contributed by atoms with Crippen molar-refractivity contribution in [1.82, 2.24) is 4.72 Å². The van der Waals surface area contributed by atoms with Crippen LogP contribution < -0.4 is 14.5 Å². The van der Waals surface area contributed by atoms with E-state index in [9.17, 15) is 22.4 Å². The molecule has 9 heteroatoms. The Labute approximate surface area is 182 Å². The molecule has 2 aliphatic rings. The first-order chi connectivity index (χ1) is 14.4. The van der Waals surface area contributed by atoms with E-state index in [0.29, 0.717) is 23.5 Å². The van der Waals surface area contributed by atoms with Gasteiger partial charge < -0.3 is 9.80 Å². The van der Waals surface area contributed by atoms with Crippen molar-refractivity contribution in [3.63, 3.8) is 0 Å². The zero-order valence-electron chi connectivity index (χ0n) is 17.8. The van der Waals surface area contributed by atoms with Gasteiger partial charge >= 0.3 is 0 Å². The van der Waals surface area contributed by atoms with E-state index in [2.05, 4.69) is 13.2 Å². The van der Waals surface area contributed by atoms with Gasteiger partial charge in [-0.05, 0) is 49.1 Å². The number of nitrogens with zero attached hydrogens (tertiary/aromatic N) is 2. The number of fused-ring (bicyclic) bond motifs is 1. The summed E-state index contributed by atoms with van der Waals surface area (Å²) in [6.45, 7) is 11.0. The van der Waals surface area contributed by atoms with E-state index in [-0.39, 0.29) is 29.3 Å². The molecule has 1 unspecified atom stereocenters. The van der Waals surface area contributed by atoms with Gasteiger partial charge in [0.1, 0.15) is 5.83 Å². The molecular formula is C22H26FN3O4S. The molecule has 1 aliphatic carbocycles. The Morgan fingerprint density at radius 2 is 1.87 bits per heavy atom. The van der Waals surface area contributed by atoms with Gasteiger partial charge in [-0.15, -0.1) is 0 Å². The number of allylic oxidation sites excluding steroid dienone is 3. The Bertz CT molecular complexity index is 1110. The van der Waals surface area contributed by atoms with Gasteiger partial charge in [-0.1, -0.05) is 19.2 Å². The summed E-state index contributed by atoms with van der Waals surface area (Å²) in [7, 11) is -3.66. The minimum Gasteiger partial charge on any atom is -0.308 e. The average molecular weight is 448 g/mol. The van der Waals surface area contributed by atoms with Crippen LogP contribution in [0.3, 0.4) is 0 Å². The summed E-state index contributed by atoms with van der Waals surface area (Å²) in [6.07, 6.45) is 3.68. The van der Waals surface area contributed by atoms with Crippen molar-refractivity contribution in [3.8, 4) is 0 Å². The molecule has 1 fully saturated rings. The van der Waals surface area contributed by atoms with Crippen LogP contribution in [0.25, 0.3) is 5.57 Å². The second-order valence-electron chi connectivity index (χ2n) is 8.03. The summed E-state index contributed by atoms with van der Waals surface area (Å²) in [5.41, 5.74) is 1.59. The van der Waals surface area contributed by atoms with Crippen molar-refractivity contribution in [2.45, 2.75) is 32.7 Å². The van der Waals surface area contributed by atoms with E-state index in [1.165, 1.54) is 6.92 Å². The lowest BCUT2D eigenvalue weighted by molar-refractivity contribution is -0.120. The van der Waals surface area contributed by atoms with Crippen molar-refractivity contribution in [2.75, 3.05) is 22.6 Å². The van der Waals surface area contributed by atoms with Crippen LogP contribution in [0.4, 0.5) is 15.8 Å². The van der Waals surface area contributed by atoms with Crippen molar-refractivity contribution in [3.05, 3.63) is 54.5 Å². The third-order valence-electron chi connectivity index (χ3n) is 5.21. The lowest BCUT2D eigenvalue weighted by Crippen LogP contribution is -2.51. The van der Waals surface area contributed by atoms with Gasteiger partial charge in [0.05, 0.1) is 29.4 Å². The van der Waals surface area contributed by atoms with Gasteiger partial charge in [0.25, 0.3) is 0 Å². The molecule has 0 spiro atoms. The molecule has 1 aliphatic heterocycles. The molecule has 166 valence electrons. The predicted molar refractivity (Wildman–Crippen MR) is 119 cm³/mol. The first kappa shape index (κ1) is 22.7. The topological polar surface area (TPSA) is 86.8 Å². The third kappa shape index (κ3) is 5.04. The van der Waals surface area contributed by atoms with Crippen LogP contribution in [-0.2, 0) is 19.6 Å². The van der Waals surface area contributed by atoms with Gasteiger partial charge in [-0.25, -0.2) is 12.8 Å². The molecule has 0 aromatic heterocycles. The van der Waals surface area contributed by atoms with E-state index in [4.69, 9.17) is 0 Å². The number of sulfonamides is 1. The zero-order valence-corrected chi connectivity index (χ0v) is 18.6. The summed E-state index contributed by atoms with van der Waals surface area (Å²) in [5.74, 6) is -0.990. The van der Waals surface area contributed by atoms with E-state index in [1.54, 1.807) is 28.0 Å². The maximum absolute atomic E-state index is 14.4. The smallest absolute Gasteiger partial charge is 0.230 e. The Morgan fingerprint density at radius 1 is 1.23 bits per heavy atom. The Morgan fingerprint density at radius 3 is 2.42 bits per heavy atom. The number of carbonyl (C=O) groups excluding carboxylic acids is 2. The monoisotopic (exact) mass is 447 g/mol. The number of amides is 2. The van der Waals surface area contributed by atoms with Crippen LogP contribution in [0.2, 0.25) is 0 Å². The Hall–Kier alpha value is -2.94. The number of hydrogen-bond donors (Lipinski definition) is 1. The largest absolute Gasteiger partial charge is 0.308 e. The highest BCUT2D eigenvalue weighted by Crippen LogP contribution is 2.41. The van der Waals surface area contributed by atoms with Crippen LogP contribution in [0.5, 0.6) is 0 Å². The fraction of sp³-hybridized carbons (Fsp3) is 0.364. The quantitative estimate of drug-likeness (QED) is 0.679. The van der Waals surface area contributed by atoms with Crippen LogP contribution >= 0.6 is 0 Å². The number of benzene rings is 1. The minimum absolute atomic E-state index is 0.00137. The van der Waals surface area contributed by atoms with Gasteiger partial charge in [-0.2, -0.15) is 0 Å². The van der Waals surface area contributed by atoms with E-state index in [0.717, 1.165) is 25.2 Å². The normalized spacial score (nSPS) is 19.0.